The van der Waals surface area contributed by atoms with E-state index in [0.29, 0.717) is 23.8 Å². The number of carbonyl (C=O) groups excluding carboxylic acids is 2. The van der Waals surface area contributed by atoms with Crippen molar-refractivity contribution >= 4 is 40.4 Å². The van der Waals surface area contributed by atoms with Gasteiger partial charge in [-0.2, -0.15) is 0 Å². The molecule has 2 aromatic rings. The van der Waals surface area contributed by atoms with Gasteiger partial charge in [-0.3, -0.25) is 14.5 Å². The molecule has 0 bridgehead atoms. The predicted octanol–water partition coefficient (Wildman–Crippen LogP) is 2.98. The number of nitrogens with zero attached hydrogens (tertiary/aromatic N) is 1. The largest absolute Gasteiger partial charge is 0.350 e. The smallest absolute Gasteiger partial charge is 0.238 e. The van der Waals surface area contributed by atoms with Crippen molar-refractivity contribution in [2.75, 3.05) is 25.0 Å². The third-order valence-corrected chi connectivity index (χ3v) is 4.48. The molecule has 7 heteroatoms. The van der Waals surface area contributed by atoms with Gasteiger partial charge < -0.3 is 10.6 Å². The third-order valence-electron chi connectivity index (χ3n) is 3.35. The van der Waals surface area contributed by atoms with Gasteiger partial charge in [0, 0.05) is 15.6 Å². The van der Waals surface area contributed by atoms with Crippen LogP contribution in [0.25, 0.3) is 0 Å². The predicted molar refractivity (Wildman–Crippen MR) is 98.4 cm³/mol. The van der Waals surface area contributed by atoms with E-state index in [1.54, 1.807) is 40.5 Å². The van der Waals surface area contributed by atoms with Gasteiger partial charge >= 0.3 is 0 Å². The number of halogens is 1. The molecule has 0 atom stereocenters. The Hall–Kier alpha value is -1.89. The second-order valence-electron chi connectivity index (χ2n) is 5.21. The SMILES string of the molecule is CCN(CC(=O)NCc1cccs1)CC(=O)Nc1ccc(Cl)cc1. The van der Waals surface area contributed by atoms with Gasteiger partial charge in [-0.15, -0.1) is 11.3 Å². The fraction of sp³-hybridized carbons (Fsp3) is 0.294. The van der Waals surface area contributed by atoms with Gasteiger partial charge in [-0.05, 0) is 42.3 Å². The number of anilines is 1. The lowest BCUT2D eigenvalue weighted by Crippen LogP contribution is -2.40. The zero-order valence-corrected chi connectivity index (χ0v) is 15.0. The van der Waals surface area contributed by atoms with E-state index in [-0.39, 0.29) is 24.9 Å². The number of thiophene rings is 1. The maximum absolute atomic E-state index is 12.1. The van der Waals surface area contributed by atoms with E-state index < -0.39 is 0 Å². The summed E-state index contributed by atoms with van der Waals surface area (Å²) >= 11 is 7.41. The van der Waals surface area contributed by atoms with Gasteiger partial charge in [0.2, 0.25) is 11.8 Å². The highest BCUT2D eigenvalue weighted by atomic mass is 35.5. The molecule has 0 fully saturated rings. The highest BCUT2D eigenvalue weighted by Crippen LogP contribution is 2.13. The molecule has 0 unspecified atom stereocenters. The molecule has 2 N–H and O–H groups in total. The summed E-state index contributed by atoms with van der Waals surface area (Å²) in [7, 11) is 0. The second kappa shape index (κ2) is 9.42. The first-order valence-electron chi connectivity index (χ1n) is 7.63. The van der Waals surface area contributed by atoms with E-state index in [1.165, 1.54) is 0 Å². The molecule has 2 amide bonds. The number of rotatable bonds is 8. The van der Waals surface area contributed by atoms with Crippen molar-refractivity contribution in [2.45, 2.75) is 13.5 Å². The maximum atomic E-state index is 12.1. The summed E-state index contributed by atoms with van der Waals surface area (Å²) < 4.78 is 0. The number of hydrogen-bond acceptors (Lipinski definition) is 4. The van der Waals surface area contributed by atoms with E-state index >= 15 is 0 Å². The van der Waals surface area contributed by atoms with Gasteiger partial charge in [-0.25, -0.2) is 0 Å². The Morgan fingerprint density at radius 3 is 2.46 bits per heavy atom. The van der Waals surface area contributed by atoms with E-state index in [1.807, 2.05) is 24.4 Å². The second-order valence-corrected chi connectivity index (χ2v) is 6.68. The number of hydrogen-bond donors (Lipinski definition) is 2. The lowest BCUT2D eigenvalue weighted by atomic mass is 10.3. The first kappa shape index (κ1) is 18.4. The van der Waals surface area contributed by atoms with Crippen LogP contribution in [0.3, 0.4) is 0 Å². The van der Waals surface area contributed by atoms with Crippen molar-refractivity contribution in [1.82, 2.24) is 10.2 Å². The van der Waals surface area contributed by atoms with Crippen LogP contribution in [-0.2, 0) is 16.1 Å². The van der Waals surface area contributed by atoms with E-state index in [9.17, 15) is 9.59 Å². The average Bonchev–Trinajstić information content (AvgIpc) is 3.08. The van der Waals surface area contributed by atoms with Crippen molar-refractivity contribution in [3.8, 4) is 0 Å². The summed E-state index contributed by atoms with van der Waals surface area (Å²) in [4.78, 5) is 27.0. The summed E-state index contributed by atoms with van der Waals surface area (Å²) in [5.74, 6) is -0.255. The molecule has 0 radical (unpaired) electrons. The van der Waals surface area contributed by atoms with Crippen molar-refractivity contribution in [3.63, 3.8) is 0 Å². The molecule has 1 heterocycles. The minimum Gasteiger partial charge on any atom is -0.350 e. The van der Waals surface area contributed by atoms with Crippen molar-refractivity contribution < 1.29 is 9.59 Å². The Kier molecular flexibility index (Phi) is 7.24. The molecule has 2 rings (SSSR count). The molecule has 5 nitrogen and oxygen atoms in total. The van der Waals surface area contributed by atoms with Crippen LogP contribution in [0, 0.1) is 0 Å². The van der Waals surface area contributed by atoms with Crippen molar-refractivity contribution in [1.29, 1.82) is 0 Å². The molecular formula is C17H20ClN3O2S. The molecule has 0 aliphatic heterocycles. The molecule has 24 heavy (non-hydrogen) atoms. The lowest BCUT2D eigenvalue weighted by Gasteiger charge is -2.19. The first-order valence-corrected chi connectivity index (χ1v) is 8.89. The van der Waals surface area contributed by atoms with Crippen LogP contribution >= 0.6 is 22.9 Å². The molecule has 0 spiro atoms. The summed E-state index contributed by atoms with van der Waals surface area (Å²) in [5.41, 5.74) is 0.683. The van der Waals surface area contributed by atoms with Crippen LogP contribution in [-0.4, -0.2) is 36.3 Å². The van der Waals surface area contributed by atoms with Crippen molar-refractivity contribution in [2.24, 2.45) is 0 Å². The zero-order valence-electron chi connectivity index (χ0n) is 13.4. The van der Waals surface area contributed by atoms with Crippen LogP contribution in [0.2, 0.25) is 5.02 Å². The van der Waals surface area contributed by atoms with Gasteiger partial charge in [0.25, 0.3) is 0 Å². The Labute approximate surface area is 150 Å². The summed E-state index contributed by atoms with van der Waals surface area (Å²) in [6, 6.07) is 10.8. The monoisotopic (exact) mass is 365 g/mol. The maximum Gasteiger partial charge on any atom is 0.238 e. The van der Waals surface area contributed by atoms with Crippen LogP contribution < -0.4 is 10.6 Å². The summed E-state index contributed by atoms with van der Waals surface area (Å²) in [6.45, 7) is 3.40. The van der Waals surface area contributed by atoms with E-state index in [4.69, 9.17) is 11.6 Å². The Morgan fingerprint density at radius 2 is 1.83 bits per heavy atom. The summed E-state index contributed by atoms with van der Waals surface area (Å²) in [5, 5.41) is 8.24. The first-order chi connectivity index (χ1) is 11.6. The third kappa shape index (κ3) is 6.31. The molecule has 0 saturated carbocycles. The molecule has 128 valence electrons. The van der Waals surface area contributed by atoms with Crippen LogP contribution in [0.4, 0.5) is 5.69 Å². The van der Waals surface area contributed by atoms with Crippen LogP contribution in [0.5, 0.6) is 0 Å². The Bertz CT molecular complexity index is 659. The molecule has 0 aliphatic carbocycles. The minimum atomic E-state index is -0.162. The summed E-state index contributed by atoms with van der Waals surface area (Å²) in [6.07, 6.45) is 0. The van der Waals surface area contributed by atoms with E-state index in [2.05, 4.69) is 10.6 Å². The molecular weight excluding hydrogens is 346 g/mol. The van der Waals surface area contributed by atoms with Crippen LogP contribution in [0.15, 0.2) is 41.8 Å². The van der Waals surface area contributed by atoms with Crippen molar-refractivity contribution in [3.05, 3.63) is 51.7 Å². The number of likely N-dealkylation sites (N-methyl/N-ethyl adjacent to an activating group) is 1. The van der Waals surface area contributed by atoms with Gasteiger partial charge in [-0.1, -0.05) is 24.6 Å². The van der Waals surface area contributed by atoms with Gasteiger partial charge in [0.05, 0.1) is 19.6 Å². The Morgan fingerprint density at radius 1 is 1.12 bits per heavy atom. The normalized spacial score (nSPS) is 10.6. The molecule has 1 aromatic carbocycles. The quantitative estimate of drug-likeness (QED) is 0.756. The van der Waals surface area contributed by atoms with E-state index in [0.717, 1.165) is 4.88 Å². The standard InChI is InChI=1S/C17H20ClN3O2S/c1-2-21(11-16(22)19-10-15-4-3-9-24-15)12-17(23)20-14-7-5-13(18)6-8-14/h3-9H,2,10-12H2,1H3,(H,19,22)(H,20,23). The fourth-order valence-corrected chi connectivity index (χ4v) is 2.84. The highest BCUT2D eigenvalue weighted by Gasteiger charge is 2.13. The Balaban J connectivity index is 1.76. The average molecular weight is 366 g/mol. The van der Waals surface area contributed by atoms with Gasteiger partial charge in [0.15, 0.2) is 0 Å². The molecule has 0 saturated heterocycles. The number of benzene rings is 1. The molecule has 1 aromatic heterocycles. The number of amides is 2. The molecule has 0 aliphatic rings. The topological polar surface area (TPSA) is 61.4 Å². The van der Waals surface area contributed by atoms with Crippen LogP contribution in [0.1, 0.15) is 11.8 Å². The van der Waals surface area contributed by atoms with Gasteiger partial charge in [0.1, 0.15) is 0 Å². The lowest BCUT2D eigenvalue weighted by molar-refractivity contribution is -0.123. The zero-order chi connectivity index (χ0) is 17.4. The highest BCUT2D eigenvalue weighted by molar-refractivity contribution is 7.09. The number of carbonyl (C=O) groups is 2. The fourth-order valence-electron chi connectivity index (χ4n) is 2.07. The minimum absolute atomic E-state index is 0.0930. The number of nitrogens with one attached hydrogen (secondary N) is 2.